The number of benzene rings is 1. The molecule has 0 atom stereocenters. The molecule has 0 aliphatic heterocycles. The van der Waals surface area contributed by atoms with E-state index in [4.69, 9.17) is 14.6 Å². The summed E-state index contributed by atoms with van der Waals surface area (Å²) in [6, 6.07) is 6.44. The van der Waals surface area contributed by atoms with Gasteiger partial charge in [0, 0.05) is 0 Å². The quantitative estimate of drug-likeness (QED) is 0.841. The lowest BCUT2D eigenvalue weighted by Gasteiger charge is -2.07. The standard InChI is InChI=1S/C12H14O4.C4H8O2/c1-3-15-11(13)9-7-5-6-8-10(9)12(14)16-4-2;1-3(2)4(5)6/h5-8H,3-4H2,1-2H3;3H,1-2H3,(H,5,6). The van der Waals surface area contributed by atoms with Gasteiger partial charge in [-0.05, 0) is 26.0 Å². The Morgan fingerprint density at radius 2 is 1.27 bits per heavy atom. The number of carboxylic acids is 1. The van der Waals surface area contributed by atoms with Crippen LogP contribution in [-0.4, -0.2) is 36.2 Å². The van der Waals surface area contributed by atoms with Gasteiger partial charge in [0.2, 0.25) is 0 Å². The molecule has 1 aromatic carbocycles. The maximum absolute atomic E-state index is 11.5. The number of ether oxygens (including phenoxy) is 2. The van der Waals surface area contributed by atoms with Crippen LogP contribution in [0.25, 0.3) is 0 Å². The summed E-state index contributed by atoms with van der Waals surface area (Å²) in [5.41, 5.74) is 0.477. The van der Waals surface area contributed by atoms with E-state index in [-0.39, 0.29) is 30.3 Å². The van der Waals surface area contributed by atoms with Crippen molar-refractivity contribution < 1.29 is 29.0 Å². The van der Waals surface area contributed by atoms with Gasteiger partial charge in [0.05, 0.1) is 30.3 Å². The molecule has 22 heavy (non-hydrogen) atoms. The van der Waals surface area contributed by atoms with Crippen molar-refractivity contribution in [3.8, 4) is 0 Å². The van der Waals surface area contributed by atoms with Crippen molar-refractivity contribution in [1.29, 1.82) is 0 Å². The number of aliphatic carboxylic acids is 1. The largest absolute Gasteiger partial charge is 0.481 e. The summed E-state index contributed by atoms with van der Waals surface area (Å²) >= 11 is 0. The lowest BCUT2D eigenvalue weighted by Crippen LogP contribution is -2.13. The van der Waals surface area contributed by atoms with Crippen LogP contribution in [0.3, 0.4) is 0 Å². The van der Waals surface area contributed by atoms with Crippen LogP contribution in [0, 0.1) is 5.92 Å². The third kappa shape index (κ3) is 6.88. The van der Waals surface area contributed by atoms with Crippen LogP contribution in [-0.2, 0) is 14.3 Å². The lowest BCUT2D eigenvalue weighted by atomic mass is 10.1. The molecule has 0 aliphatic carbocycles. The number of carbonyl (C=O) groups is 3. The second-order valence-electron chi connectivity index (χ2n) is 4.48. The summed E-state index contributed by atoms with van der Waals surface area (Å²) < 4.78 is 9.70. The molecule has 0 fully saturated rings. The molecule has 0 radical (unpaired) electrons. The Morgan fingerprint density at radius 1 is 0.955 bits per heavy atom. The molecule has 0 saturated heterocycles. The monoisotopic (exact) mass is 310 g/mol. The first-order valence-electron chi connectivity index (χ1n) is 7.01. The minimum Gasteiger partial charge on any atom is -0.481 e. The molecule has 0 unspecified atom stereocenters. The zero-order chi connectivity index (χ0) is 17.1. The fourth-order valence-corrected chi connectivity index (χ4v) is 1.26. The number of carbonyl (C=O) groups excluding carboxylic acids is 2. The predicted octanol–water partition coefficient (Wildman–Crippen LogP) is 2.77. The first kappa shape index (κ1) is 19.6. The highest BCUT2D eigenvalue weighted by Crippen LogP contribution is 2.11. The van der Waals surface area contributed by atoms with Crippen molar-refractivity contribution in [2.45, 2.75) is 27.7 Å². The van der Waals surface area contributed by atoms with E-state index in [1.807, 2.05) is 0 Å². The zero-order valence-electron chi connectivity index (χ0n) is 13.3. The molecular formula is C16H22O6. The van der Waals surface area contributed by atoms with Crippen LogP contribution >= 0.6 is 0 Å². The van der Waals surface area contributed by atoms with E-state index in [1.165, 1.54) is 0 Å². The summed E-state index contributed by atoms with van der Waals surface area (Å²) in [4.78, 5) is 32.8. The van der Waals surface area contributed by atoms with Crippen molar-refractivity contribution in [2.24, 2.45) is 5.92 Å². The van der Waals surface area contributed by atoms with Gasteiger partial charge in [-0.1, -0.05) is 26.0 Å². The molecule has 1 N–H and O–H groups in total. The van der Waals surface area contributed by atoms with Gasteiger partial charge in [-0.25, -0.2) is 9.59 Å². The second kappa shape index (κ2) is 10.4. The van der Waals surface area contributed by atoms with Crippen LogP contribution in [0.2, 0.25) is 0 Å². The topological polar surface area (TPSA) is 89.9 Å². The highest BCUT2D eigenvalue weighted by molar-refractivity contribution is 6.03. The van der Waals surface area contributed by atoms with Gasteiger partial charge >= 0.3 is 17.9 Å². The van der Waals surface area contributed by atoms with Crippen molar-refractivity contribution in [3.05, 3.63) is 35.4 Å². The molecule has 6 heteroatoms. The van der Waals surface area contributed by atoms with E-state index in [0.29, 0.717) is 0 Å². The molecule has 0 aliphatic rings. The molecule has 122 valence electrons. The Morgan fingerprint density at radius 3 is 1.50 bits per heavy atom. The minimum atomic E-state index is -0.741. The smallest absolute Gasteiger partial charge is 0.338 e. The fourth-order valence-electron chi connectivity index (χ4n) is 1.26. The normalized spacial score (nSPS) is 9.50. The van der Waals surface area contributed by atoms with Crippen LogP contribution in [0.4, 0.5) is 0 Å². The Balaban J connectivity index is 0.000000626. The predicted molar refractivity (Wildman–Crippen MR) is 80.8 cm³/mol. The van der Waals surface area contributed by atoms with Gasteiger partial charge in [0.1, 0.15) is 0 Å². The number of rotatable bonds is 5. The van der Waals surface area contributed by atoms with E-state index in [9.17, 15) is 14.4 Å². The molecule has 0 aromatic heterocycles. The Hall–Kier alpha value is -2.37. The van der Waals surface area contributed by atoms with E-state index < -0.39 is 17.9 Å². The third-order valence-corrected chi connectivity index (χ3v) is 2.41. The minimum absolute atomic E-state index is 0.231. The maximum atomic E-state index is 11.5. The highest BCUT2D eigenvalue weighted by atomic mass is 16.5. The van der Waals surface area contributed by atoms with E-state index >= 15 is 0 Å². The SMILES string of the molecule is CC(C)C(=O)O.CCOC(=O)c1ccccc1C(=O)OCC. The van der Waals surface area contributed by atoms with Crippen LogP contribution < -0.4 is 0 Å². The number of carboxylic acid groups (broad SMARTS) is 1. The Labute approximate surface area is 130 Å². The fraction of sp³-hybridized carbons (Fsp3) is 0.438. The van der Waals surface area contributed by atoms with E-state index in [1.54, 1.807) is 52.0 Å². The van der Waals surface area contributed by atoms with E-state index in [2.05, 4.69) is 0 Å². The molecule has 0 amide bonds. The van der Waals surface area contributed by atoms with Crippen LogP contribution in [0.15, 0.2) is 24.3 Å². The highest BCUT2D eigenvalue weighted by Gasteiger charge is 2.17. The van der Waals surface area contributed by atoms with Gasteiger partial charge < -0.3 is 14.6 Å². The van der Waals surface area contributed by atoms with Gasteiger partial charge in [-0.3, -0.25) is 4.79 Å². The van der Waals surface area contributed by atoms with Gasteiger partial charge in [-0.15, -0.1) is 0 Å². The van der Waals surface area contributed by atoms with Crippen molar-refractivity contribution in [1.82, 2.24) is 0 Å². The van der Waals surface area contributed by atoms with Crippen LogP contribution in [0.1, 0.15) is 48.4 Å². The summed E-state index contributed by atoms with van der Waals surface area (Å²) in [6.45, 7) is 7.26. The lowest BCUT2D eigenvalue weighted by molar-refractivity contribution is -0.140. The van der Waals surface area contributed by atoms with Gasteiger partial charge in [0.15, 0.2) is 0 Å². The zero-order valence-corrected chi connectivity index (χ0v) is 13.3. The summed E-state index contributed by atoms with van der Waals surface area (Å²) in [5.74, 6) is -1.99. The summed E-state index contributed by atoms with van der Waals surface area (Å²) in [5, 5.41) is 7.99. The molecule has 6 nitrogen and oxygen atoms in total. The van der Waals surface area contributed by atoms with Gasteiger partial charge in [-0.2, -0.15) is 0 Å². The van der Waals surface area contributed by atoms with E-state index in [0.717, 1.165) is 0 Å². The Kier molecular flexibility index (Phi) is 9.25. The molecular weight excluding hydrogens is 288 g/mol. The van der Waals surface area contributed by atoms with Crippen molar-refractivity contribution >= 4 is 17.9 Å². The molecule has 0 spiro atoms. The first-order valence-corrected chi connectivity index (χ1v) is 7.01. The molecule has 1 aromatic rings. The average Bonchev–Trinajstić information content (AvgIpc) is 2.48. The summed E-state index contributed by atoms with van der Waals surface area (Å²) in [6.07, 6.45) is 0. The average molecular weight is 310 g/mol. The number of hydrogen-bond donors (Lipinski definition) is 1. The third-order valence-electron chi connectivity index (χ3n) is 2.41. The molecule has 1 rings (SSSR count). The molecule has 0 saturated carbocycles. The number of hydrogen-bond acceptors (Lipinski definition) is 5. The van der Waals surface area contributed by atoms with Crippen molar-refractivity contribution in [2.75, 3.05) is 13.2 Å². The molecule has 0 heterocycles. The second-order valence-corrected chi connectivity index (χ2v) is 4.48. The van der Waals surface area contributed by atoms with Crippen LogP contribution in [0.5, 0.6) is 0 Å². The van der Waals surface area contributed by atoms with Gasteiger partial charge in [0.25, 0.3) is 0 Å². The number of esters is 2. The first-order chi connectivity index (χ1) is 10.3. The summed E-state index contributed by atoms with van der Waals surface area (Å²) in [7, 11) is 0. The van der Waals surface area contributed by atoms with Crippen molar-refractivity contribution in [3.63, 3.8) is 0 Å². The Bertz CT molecular complexity index is 470. The maximum Gasteiger partial charge on any atom is 0.338 e. The molecule has 0 bridgehead atoms.